The highest BCUT2D eigenvalue weighted by molar-refractivity contribution is 5.99. The summed E-state index contributed by atoms with van der Waals surface area (Å²) in [5, 5.41) is 4.14. The van der Waals surface area contributed by atoms with Gasteiger partial charge >= 0.3 is 0 Å². The van der Waals surface area contributed by atoms with E-state index in [1.54, 1.807) is 10.9 Å². The Kier molecular flexibility index (Phi) is 3.96. The number of nitrogens with zero attached hydrogens (tertiary/aromatic N) is 3. The van der Waals surface area contributed by atoms with E-state index in [1.807, 2.05) is 61.5 Å². The van der Waals surface area contributed by atoms with Gasteiger partial charge in [-0.15, -0.1) is 0 Å². The molecule has 110 valence electrons. The van der Waals surface area contributed by atoms with Gasteiger partial charge in [-0.1, -0.05) is 42.5 Å². The van der Waals surface area contributed by atoms with Gasteiger partial charge in [-0.25, -0.2) is 10.4 Å². The van der Waals surface area contributed by atoms with Crippen molar-refractivity contribution in [3.05, 3.63) is 66.5 Å². The first kappa shape index (κ1) is 14.0. The number of hydrazone groups is 1. The Balaban J connectivity index is 1.68. The van der Waals surface area contributed by atoms with Crippen molar-refractivity contribution in [2.24, 2.45) is 5.10 Å². The quantitative estimate of drug-likeness (QED) is 0.593. The zero-order valence-electron chi connectivity index (χ0n) is 12.2. The van der Waals surface area contributed by atoms with Gasteiger partial charge < -0.3 is 4.57 Å². The van der Waals surface area contributed by atoms with Gasteiger partial charge in [-0.3, -0.25) is 4.79 Å². The molecule has 0 unspecified atom stereocenters. The number of fused-ring (bicyclic) bond motifs is 1. The highest BCUT2D eigenvalue weighted by Gasteiger charge is 2.06. The van der Waals surface area contributed by atoms with E-state index in [4.69, 9.17) is 0 Å². The van der Waals surface area contributed by atoms with Crippen LogP contribution in [0.3, 0.4) is 0 Å². The van der Waals surface area contributed by atoms with Crippen LogP contribution in [0.15, 0.2) is 66.0 Å². The first-order valence-electron chi connectivity index (χ1n) is 7.02. The molecule has 0 radical (unpaired) electrons. The van der Waals surface area contributed by atoms with Crippen LogP contribution in [-0.2, 0) is 11.3 Å². The lowest BCUT2D eigenvalue weighted by molar-refractivity contribution is -0.121. The number of carbonyl (C=O) groups is 1. The van der Waals surface area contributed by atoms with E-state index < -0.39 is 0 Å². The topological polar surface area (TPSA) is 59.3 Å². The van der Waals surface area contributed by atoms with Gasteiger partial charge in [0.05, 0.1) is 23.1 Å². The minimum atomic E-state index is -0.182. The van der Waals surface area contributed by atoms with Crippen LogP contribution >= 0.6 is 0 Å². The first-order chi connectivity index (χ1) is 10.7. The van der Waals surface area contributed by atoms with Crippen molar-refractivity contribution < 1.29 is 4.79 Å². The fraction of sp³-hybridized carbons (Fsp3) is 0.118. The van der Waals surface area contributed by atoms with Crippen LogP contribution in [0.25, 0.3) is 11.0 Å². The Morgan fingerprint density at radius 1 is 1.14 bits per heavy atom. The van der Waals surface area contributed by atoms with Crippen molar-refractivity contribution in [3.63, 3.8) is 0 Å². The second-order valence-electron chi connectivity index (χ2n) is 4.96. The fourth-order valence-electron chi connectivity index (χ4n) is 2.22. The van der Waals surface area contributed by atoms with E-state index >= 15 is 0 Å². The van der Waals surface area contributed by atoms with Crippen LogP contribution in [0.5, 0.6) is 0 Å². The van der Waals surface area contributed by atoms with Crippen LogP contribution in [0.2, 0.25) is 0 Å². The van der Waals surface area contributed by atoms with E-state index in [9.17, 15) is 4.79 Å². The normalized spacial score (nSPS) is 11.6. The van der Waals surface area contributed by atoms with Crippen LogP contribution in [-0.4, -0.2) is 21.2 Å². The highest BCUT2D eigenvalue weighted by Crippen LogP contribution is 2.11. The summed E-state index contributed by atoms with van der Waals surface area (Å²) in [6.07, 6.45) is 1.66. The minimum absolute atomic E-state index is 0.182. The van der Waals surface area contributed by atoms with Crippen molar-refractivity contribution in [2.45, 2.75) is 13.5 Å². The average molecular weight is 292 g/mol. The molecule has 0 bridgehead atoms. The minimum Gasteiger partial charge on any atom is -0.321 e. The molecule has 0 aliphatic carbocycles. The molecule has 1 aromatic heterocycles. The van der Waals surface area contributed by atoms with Gasteiger partial charge in [0.1, 0.15) is 6.54 Å². The average Bonchev–Trinajstić information content (AvgIpc) is 2.97. The summed E-state index contributed by atoms with van der Waals surface area (Å²) in [6, 6.07) is 17.4. The Labute approximate surface area is 128 Å². The Morgan fingerprint density at radius 3 is 2.68 bits per heavy atom. The predicted octanol–water partition coefficient (Wildman–Crippen LogP) is 2.58. The number of para-hydroxylation sites is 2. The molecule has 1 N–H and O–H groups in total. The maximum atomic E-state index is 12.0. The summed E-state index contributed by atoms with van der Waals surface area (Å²) in [4.78, 5) is 16.3. The SMILES string of the molecule is C/C(=N\NC(=O)Cn1cnc2ccccc21)c1ccccc1. The summed E-state index contributed by atoms with van der Waals surface area (Å²) >= 11 is 0. The molecule has 0 spiro atoms. The summed E-state index contributed by atoms with van der Waals surface area (Å²) in [5.41, 5.74) is 6.14. The second kappa shape index (κ2) is 6.22. The standard InChI is InChI=1S/C17H16N4O/c1-13(14-7-3-2-4-8-14)19-20-17(22)11-21-12-18-15-9-5-6-10-16(15)21/h2-10,12H,11H2,1H3,(H,20,22)/b19-13+. The van der Waals surface area contributed by atoms with Gasteiger partial charge in [-0.05, 0) is 24.6 Å². The van der Waals surface area contributed by atoms with E-state index in [1.165, 1.54) is 0 Å². The molecule has 0 saturated heterocycles. The molecule has 0 saturated carbocycles. The molecule has 0 fully saturated rings. The number of amides is 1. The highest BCUT2D eigenvalue weighted by atomic mass is 16.2. The molecule has 22 heavy (non-hydrogen) atoms. The Bertz CT molecular complexity index is 821. The van der Waals surface area contributed by atoms with Crippen molar-refractivity contribution >= 4 is 22.7 Å². The number of hydrogen-bond acceptors (Lipinski definition) is 3. The number of imidazole rings is 1. The molecule has 1 amide bonds. The van der Waals surface area contributed by atoms with Crippen LogP contribution in [0.1, 0.15) is 12.5 Å². The molecular formula is C17H16N4O. The largest absolute Gasteiger partial charge is 0.321 e. The molecule has 0 aliphatic heterocycles. The van der Waals surface area contributed by atoms with Gasteiger partial charge in [0.15, 0.2) is 0 Å². The molecule has 2 aromatic carbocycles. The summed E-state index contributed by atoms with van der Waals surface area (Å²) in [6.45, 7) is 2.05. The number of benzene rings is 2. The summed E-state index contributed by atoms with van der Waals surface area (Å²) in [5.74, 6) is -0.182. The van der Waals surface area contributed by atoms with Gasteiger partial charge in [0, 0.05) is 0 Å². The molecule has 3 aromatic rings. The number of hydrogen-bond donors (Lipinski definition) is 1. The zero-order valence-corrected chi connectivity index (χ0v) is 12.2. The summed E-state index contributed by atoms with van der Waals surface area (Å²) < 4.78 is 1.80. The van der Waals surface area contributed by atoms with Gasteiger partial charge in [-0.2, -0.15) is 5.10 Å². The van der Waals surface area contributed by atoms with E-state index in [0.717, 1.165) is 22.3 Å². The maximum Gasteiger partial charge on any atom is 0.260 e. The van der Waals surface area contributed by atoms with E-state index in [-0.39, 0.29) is 12.5 Å². The molecule has 0 atom stereocenters. The van der Waals surface area contributed by atoms with Gasteiger partial charge in [0.2, 0.25) is 0 Å². The van der Waals surface area contributed by atoms with Crippen molar-refractivity contribution in [1.29, 1.82) is 0 Å². The van der Waals surface area contributed by atoms with Crippen molar-refractivity contribution in [1.82, 2.24) is 15.0 Å². The third-order valence-corrected chi connectivity index (χ3v) is 3.38. The van der Waals surface area contributed by atoms with Gasteiger partial charge in [0.25, 0.3) is 5.91 Å². The molecule has 5 nitrogen and oxygen atoms in total. The van der Waals surface area contributed by atoms with Crippen LogP contribution in [0.4, 0.5) is 0 Å². The molecular weight excluding hydrogens is 276 g/mol. The lowest BCUT2D eigenvalue weighted by Crippen LogP contribution is -2.24. The van der Waals surface area contributed by atoms with Crippen molar-refractivity contribution in [3.8, 4) is 0 Å². The first-order valence-corrected chi connectivity index (χ1v) is 7.02. The molecule has 3 rings (SSSR count). The molecule has 5 heteroatoms. The summed E-state index contributed by atoms with van der Waals surface area (Å²) in [7, 11) is 0. The third kappa shape index (κ3) is 3.03. The Hall–Kier alpha value is -2.95. The molecule has 0 aliphatic rings. The van der Waals surface area contributed by atoms with Crippen LogP contribution in [0, 0.1) is 0 Å². The lowest BCUT2D eigenvalue weighted by atomic mass is 10.1. The lowest BCUT2D eigenvalue weighted by Gasteiger charge is -2.04. The van der Waals surface area contributed by atoms with E-state index in [0.29, 0.717) is 0 Å². The number of carbonyl (C=O) groups excluding carboxylic acids is 1. The number of nitrogens with one attached hydrogen (secondary N) is 1. The van der Waals surface area contributed by atoms with E-state index in [2.05, 4.69) is 15.5 Å². The second-order valence-corrected chi connectivity index (χ2v) is 4.96. The number of aromatic nitrogens is 2. The smallest absolute Gasteiger partial charge is 0.260 e. The molecule has 1 heterocycles. The van der Waals surface area contributed by atoms with Crippen LogP contribution < -0.4 is 5.43 Å². The zero-order chi connectivity index (χ0) is 15.4. The third-order valence-electron chi connectivity index (χ3n) is 3.38. The fourth-order valence-corrected chi connectivity index (χ4v) is 2.22. The van der Waals surface area contributed by atoms with Crippen molar-refractivity contribution in [2.75, 3.05) is 0 Å². The monoisotopic (exact) mass is 292 g/mol. The maximum absolute atomic E-state index is 12.0. The Morgan fingerprint density at radius 2 is 1.86 bits per heavy atom. The predicted molar refractivity (Wildman–Crippen MR) is 86.5 cm³/mol. The number of rotatable bonds is 4.